The zero-order chi connectivity index (χ0) is 31.4. The second kappa shape index (κ2) is 16.2. The maximum Gasteiger partial charge on any atom is 0.371 e. The molecule has 1 rings (SSSR count). The summed E-state index contributed by atoms with van der Waals surface area (Å²) in [7, 11) is 0. The van der Waals surface area contributed by atoms with Crippen LogP contribution in [0.4, 0.5) is 9.59 Å². The molecule has 12 nitrogen and oxygen atoms in total. The number of amides is 1. The van der Waals surface area contributed by atoms with Gasteiger partial charge in [0.2, 0.25) is 19.5 Å². The number of ether oxygens (including phenoxy) is 5. The molecule has 0 aromatic heterocycles. The molecule has 1 saturated carbocycles. The van der Waals surface area contributed by atoms with E-state index in [9.17, 15) is 28.8 Å². The van der Waals surface area contributed by atoms with Crippen LogP contribution in [0.3, 0.4) is 0 Å². The predicted molar refractivity (Wildman–Crippen MR) is 153 cm³/mol. The standard InChI is InChI=1S/C27H43NO11S2/c1-25(2,3)21(31)35-15-37-23(33)40-14-18(19(29)39-17-12-10-9-11-13-17)28-20(30)27(7,8)41-24(34)38-16-36-22(32)26(4,5)6/h17-18H,9-16H2,1-8H3,(H,28,30)/t18-/m0/s1. The van der Waals surface area contributed by atoms with Gasteiger partial charge in [0.25, 0.3) is 0 Å². The number of carbonyl (C=O) groups excluding carboxylic acids is 6. The van der Waals surface area contributed by atoms with Crippen molar-refractivity contribution < 1.29 is 52.5 Å². The molecule has 0 heterocycles. The van der Waals surface area contributed by atoms with Crippen molar-refractivity contribution >= 4 is 57.9 Å². The highest BCUT2D eigenvalue weighted by Gasteiger charge is 2.37. The first-order valence-corrected chi connectivity index (χ1v) is 15.1. The van der Waals surface area contributed by atoms with Gasteiger partial charge in [-0.3, -0.25) is 14.4 Å². The van der Waals surface area contributed by atoms with Crippen molar-refractivity contribution in [3.63, 3.8) is 0 Å². The summed E-state index contributed by atoms with van der Waals surface area (Å²) in [6.07, 6.45) is 3.99. The Labute approximate surface area is 250 Å². The summed E-state index contributed by atoms with van der Waals surface area (Å²) in [6.45, 7) is 11.6. The molecule has 234 valence electrons. The van der Waals surface area contributed by atoms with E-state index in [1.54, 1.807) is 41.5 Å². The molecule has 0 radical (unpaired) electrons. The Morgan fingerprint density at radius 1 is 0.732 bits per heavy atom. The number of thioether (sulfide) groups is 2. The Kier molecular flexibility index (Phi) is 14.5. The lowest BCUT2D eigenvalue weighted by Gasteiger charge is -2.27. The molecule has 1 fully saturated rings. The topological polar surface area (TPSA) is 161 Å². The summed E-state index contributed by atoms with van der Waals surface area (Å²) < 4.78 is 23.8. The van der Waals surface area contributed by atoms with Crippen molar-refractivity contribution in [1.29, 1.82) is 0 Å². The van der Waals surface area contributed by atoms with Gasteiger partial charge in [0.05, 0.1) is 15.6 Å². The third kappa shape index (κ3) is 14.3. The van der Waals surface area contributed by atoms with Crippen molar-refractivity contribution in [2.75, 3.05) is 19.3 Å². The molecule has 0 aliphatic heterocycles. The minimum atomic E-state index is -1.40. The van der Waals surface area contributed by atoms with Crippen molar-refractivity contribution in [2.45, 2.75) is 104 Å². The van der Waals surface area contributed by atoms with Crippen molar-refractivity contribution in [1.82, 2.24) is 5.32 Å². The SMILES string of the molecule is CC(C)(C)C(=O)OCOC(=O)SC[C@H](NC(=O)C(C)(C)SC(=O)OCOC(=O)C(C)(C)C)C(=O)OC1CCCCC1. The van der Waals surface area contributed by atoms with Gasteiger partial charge >= 0.3 is 28.5 Å². The molecule has 41 heavy (non-hydrogen) atoms. The van der Waals surface area contributed by atoms with Crippen LogP contribution in [-0.2, 0) is 42.9 Å². The molecular weight excluding hydrogens is 578 g/mol. The Morgan fingerprint density at radius 3 is 1.71 bits per heavy atom. The van der Waals surface area contributed by atoms with Crippen molar-refractivity contribution in [2.24, 2.45) is 10.8 Å². The molecule has 0 saturated heterocycles. The molecule has 14 heteroatoms. The van der Waals surface area contributed by atoms with Crippen LogP contribution in [-0.4, -0.2) is 70.6 Å². The maximum absolute atomic E-state index is 13.1. The Morgan fingerprint density at radius 2 is 1.22 bits per heavy atom. The van der Waals surface area contributed by atoms with E-state index in [2.05, 4.69) is 5.32 Å². The molecule has 1 aliphatic rings. The molecule has 0 aromatic carbocycles. The van der Waals surface area contributed by atoms with Crippen LogP contribution < -0.4 is 5.32 Å². The van der Waals surface area contributed by atoms with Crippen LogP contribution >= 0.6 is 23.5 Å². The number of hydrogen-bond acceptors (Lipinski definition) is 13. The summed E-state index contributed by atoms with van der Waals surface area (Å²) >= 11 is 1.14. The first-order chi connectivity index (χ1) is 18.8. The maximum atomic E-state index is 13.1. The van der Waals surface area contributed by atoms with Crippen molar-refractivity contribution in [3.8, 4) is 0 Å². The summed E-state index contributed by atoms with van der Waals surface area (Å²) in [6, 6.07) is -1.23. The molecular formula is C27H43NO11S2. The normalized spacial score (nSPS) is 15.2. The van der Waals surface area contributed by atoms with Crippen LogP contribution in [0, 0.1) is 10.8 Å². The first kappa shape index (κ1) is 36.5. The van der Waals surface area contributed by atoms with E-state index < -0.39 is 69.6 Å². The lowest BCUT2D eigenvalue weighted by molar-refractivity contribution is -0.161. The van der Waals surface area contributed by atoms with E-state index in [-0.39, 0.29) is 11.9 Å². The highest BCUT2D eigenvalue weighted by molar-refractivity contribution is 8.15. The van der Waals surface area contributed by atoms with E-state index in [0.717, 1.165) is 19.3 Å². The van der Waals surface area contributed by atoms with Gasteiger partial charge in [-0.2, -0.15) is 0 Å². The van der Waals surface area contributed by atoms with Crippen LogP contribution in [0.1, 0.15) is 87.5 Å². The van der Waals surface area contributed by atoms with E-state index >= 15 is 0 Å². The summed E-state index contributed by atoms with van der Waals surface area (Å²) in [5, 5.41) is 0.869. The minimum absolute atomic E-state index is 0.225. The lowest BCUT2D eigenvalue weighted by Crippen LogP contribution is -2.51. The monoisotopic (exact) mass is 621 g/mol. The fourth-order valence-corrected chi connectivity index (χ4v) is 4.43. The average Bonchev–Trinajstić information content (AvgIpc) is 2.85. The summed E-state index contributed by atoms with van der Waals surface area (Å²) in [5.41, 5.74) is -1.55. The smallest absolute Gasteiger partial charge is 0.371 e. The Bertz CT molecular complexity index is 948. The summed E-state index contributed by atoms with van der Waals surface area (Å²) in [5.74, 6) is -2.75. The number of carbonyl (C=O) groups is 6. The van der Waals surface area contributed by atoms with E-state index in [1.807, 2.05) is 0 Å². The number of rotatable bonds is 11. The molecule has 0 aromatic rings. The largest absolute Gasteiger partial charge is 0.461 e. The Hall–Kier alpha value is -2.48. The van der Waals surface area contributed by atoms with Gasteiger partial charge in [-0.05, 0) is 105 Å². The molecule has 0 spiro atoms. The first-order valence-electron chi connectivity index (χ1n) is 13.3. The van der Waals surface area contributed by atoms with Crippen LogP contribution in [0.25, 0.3) is 0 Å². The van der Waals surface area contributed by atoms with E-state index in [0.29, 0.717) is 36.4 Å². The van der Waals surface area contributed by atoms with Gasteiger partial charge in [-0.1, -0.05) is 6.42 Å². The lowest BCUT2D eigenvalue weighted by atomic mass is 9.97. The van der Waals surface area contributed by atoms with Gasteiger partial charge in [-0.25, -0.2) is 14.4 Å². The van der Waals surface area contributed by atoms with Crippen LogP contribution in [0.15, 0.2) is 0 Å². The third-order valence-corrected chi connectivity index (χ3v) is 7.47. The minimum Gasteiger partial charge on any atom is -0.461 e. The van der Waals surface area contributed by atoms with Crippen LogP contribution in [0.5, 0.6) is 0 Å². The Balaban J connectivity index is 2.75. The predicted octanol–water partition coefficient (Wildman–Crippen LogP) is 4.96. The van der Waals surface area contributed by atoms with Gasteiger partial charge in [0.15, 0.2) is 0 Å². The van der Waals surface area contributed by atoms with Gasteiger partial charge in [0.1, 0.15) is 12.1 Å². The zero-order valence-corrected chi connectivity index (χ0v) is 26.8. The molecule has 1 atom stereocenters. The number of esters is 3. The third-order valence-electron chi connectivity index (χ3n) is 5.64. The second-order valence-corrected chi connectivity index (χ2v) is 14.5. The fourth-order valence-electron chi connectivity index (χ4n) is 3.10. The highest BCUT2D eigenvalue weighted by atomic mass is 32.2. The molecule has 1 amide bonds. The molecule has 0 unspecified atom stereocenters. The van der Waals surface area contributed by atoms with Gasteiger partial charge < -0.3 is 29.0 Å². The zero-order valence-electron chi connectivity index (χ0n) is 25.1. The van der Waals surface area contributed by atoms with Crippen molar-refractivity contribution in [3.05, 3.63) is 0 Å². The van der Waals surface area contributed by atoms with E-state index in [4.69, 9.17) is 23.7 Å². The average molecular weight is 622 g/mol. The fraction of sp³-hybridized carbons (Fsp3) is 0.778. The highest BCUT2D eigenvalue weighted by Crippen LogP contribution is 2.28. The molecule has 1 aliphatic carbocycles. The molecule has 1 N–H and O–H groups in total. The number of nitrogens with one attached hydrogen (secondary N) is 1. The molecule has 0 bridgehead atoms. The van der Waals surface area contributed by atoms with E-state index in [1.165, 1.54) is 13.8 Å². The van der Waals surface area contributed by atoms with Crippen LogP contribution in [0.2, 0.25) is 0 Å². The van der Waals surface area contributed by atoms with Gasteiger partial charge in [0, 0.05) is 5.75 Å². The quantitative estimate of drug-likeness (QED) is 0.187. The number of hydrogen-bond donors (Lipinski definition) is 1. The summed E-state index contributed by atoms with van der Waals surface area (Å²) in [4.78, 5) is 74.2. The van der Waals surface area contributed by atoms with Gasteiger partial charge in [-0.15, -0.1) is 0 Å². The second-order valence-electron chi connectivity index (χ2n) is 12.0.